The molecule has 0 atom stereocenters. The average Bonchev–Trinajstić information content (AvgIpc) is 2.38. The third-order valence-electron chi connectivity index (χ3n) is 0.583. The minimum absolute atomic E-state index is 0. The summed E-state index contributed by atoms with van der Waals surface area (Å²) in [5.74, 6) is 0. The quantitative estimate of drug-likeness (QED) is 0.135. The molecular weight excluding hydrogens is 1070 g/mol. The SMILES string of the molecule is O=S(=O)([O-])SSS(=O)(=O)[O-].O=S(=O)([O-])SSS(=O)(=O)[O-].O=S(=O)([O-])SSS(=O)(=O)[O-].[Au+3].[Au+3]. The molecule has 0 spiro atoms. The van der Waals surface area contributed by atoms with Crippen molar-refractivity contribution in [1.29, 1.82) is 0 Å². The van der Waals surface area contributed by atoms with Crippen molar-refractivity contribution in [2.24, 2.45) is 0 Å². The predicted molar refractivity (Wildman–Crippen MR) is 104 cm³/mol. The van der Waals surface area contributed by atoms with Gasteiger partial charge in [-0.15, -0.1) is 0 Å². The van der Waals surface area contributed by atoms with Crippen LogP contribution in [0.2, 0.25) is 0 Å². The van der Waals surface area contributed by atoms with Gasteiger partial charge in [0, 0.05) is 59.0 Å². The second-order valence-corrected chi connectivity index (χ2v) is 25.7. The summed E-state index contributed by atoms with van der Waals surface area (Å²) in [6.45, 7) is 0. The van der Waals surface area contributed by atoms with Crippen LogP contribution in [-0.2, 0) is 99.7 Å². The van der Waals surface area contributed by atoms with Crippen molar-refractivity contribution in [3.05, 3.63) is 0 Å². The zero-order chi connectivity index (χ0) is 25.2. The minimum Gasteiger partial charge on any atom is -0.739 e. The normalized spacial score (nSPS) is 12.6. The molecule has 32 heavy (non-hydrogen) atoms. The summed E-state index contributed by atoms with van der Waals surface area (Å²) < 4.78 is 174. The first kappa shape index (κ1) is 45.0. The fraction of sp³-hybridized carbons (Fsp3) is 0. The fourth-order valence-electron chi connectivity index (χ4n) is 0.204. The molecule has 0 aliphatic carbocycles. The maximum atomic E-state index is 9.66. The van der Waals surface area contributed by atoms with Crippen molar-refractivity contribution < 1.29 is 123 Å². The number of hydrogen-bond donors (Lipinski definition) is 0. The Labute approximate surface area is 233 Å². The van der Waals surface area contributed by atoms with Gasteiger partial charge in [-0.3, -0.25) is 0 Å². The summed E-state index contributed by atoms with van der Waals surface area (Å²) >= 11 is 0. The van der Waals surface area contributed by atoms with E-state index in [1.54, 1.807) is 0 Å². The van der Waals surface area contributed by atoms with Gasteiger partial charge in [-0.05, 0) is 0 Å². The van der Waals surface area contributed by atoms with Crippen LogP contribution in [0.4, 0.5) is 0 Å². The predicted octanol–water partition coefficient (Wildman–Crippen LogP) is -2.14. The van der Waals surface area contributed by atoms with Crippen LogP contribution in [0.3, 0.4) is 0 Å². The Bertz CT molecular complexity index is 900. The van der Waals surface area contributed by atoms with E-state index in [1.807, 2.05) is 0 Å². The molecule has 0 aliphatic rings. The van der Waals surface area contributed by atoms with Gasteiger partial charge in [0.25, 0.3) is 0 Å². The monoisotopic (exact) mass is 1070 g/mol. The summed E-state index contributed by atoms with van der Waals surface area (Å²) in [4.78, 5) is 0. The van der Waals surface area contributed by atoms with Crippen molar-refractivity contribution >= 4 is 114 Å². The van der Waals surface area contributed by atoms with E-state index in [4.69, 9.17) is 0 Å². The van der Waals surface area contributed by atoms with E-state index in [1.165, 1.54) is 0 Å². The Balaban J connectivity index is -0.000000110. The first-order chi connectivity index (χ1) is 12.6. The average molecular weight is 1070 g/mol. The van der Waals surface area contributed by atoms with E-state index >= 15 is 0 Å². The van der Waals surface area contributed by atoms with Crippen molar-refractivity contribution in [3.8, 4) is 0 Å². The number of rotatable bonds is 9. The molecule has 0 radical (unpaired) electrons. The Morgan fingerprint density at radius 3 is 0.375 bits per heavy atom. The molecular formula is Au2O18S12. The van der Waals surface area contributed by atoms with Crippen molar-refractivity contribution in [2.75, 3.05) is 0 Å². The largest absolute Gasteiger partial charge is 3.00 e. The molecule has 0 aromatic heterocycles. The van der Waals surface area contributed by atoms with Crippen LogP contribution in [0.15, 0.2) is 0 Å². The first-order valence-corrected chi connectivity index (χ1v) is 22.5. The molecule has 0 aliphatic heterocycles. The molecule has 0 saturated heterocycles. The molecule has 0 rings (SSSR count). The van der Waals surface area contributed by atoms with Gasteiger partial charge in [-0.25, -0.2) is 50.5 Å². The van der Waals surface area contributed by atoms with Gasteiger partial charge in [-0.1, -0.05) is 0 Å². The van der Waals surface area contributed by atoms with Gasteiger partial charge >= 0.3 is 44.8 Å². The second kappa shape index (κ2) is 18.3. The Morgan fingerprint density at radius 2 is 0.344 bits per heavy atom. The van der Waals surface area contributed by atoms with Crippen LogP contribution in [0.1, 0.15) is 0 Å². The Morgan fingerprint density at radius 1 is 0.281 bits per heavy atom. The van der Waals surface area contributed by atoms with Gasteiger partial charge in [0.15, 0.2) is 54.9 Å². The standard InChI is InChI=1S/2Au.3H2O6S4/c;;3*1-9(2,3)7-8-10(4,5)6/h;;3*(H,1,2,3)(H,4,5,6)/q2*+3;;;/p-6. The van der Waals surface area contributed by atoms with Gasteiger partial charge in [-0.2, -0.15) is 0 Å². The zero-order valence-electron chi connectivity index (χ0n) is 12.9. The van der Waals surface area contributed by atoms with Crippen molar-refractivity contribution in [3.63, 3.8) is 0 Å². The molecule has 0 bridgehead atoms. The zero-order valence-corrected chi connectivity index (χ0v) is 27.0. The van der Waals surface area contributed by atoms with Gasteiger partial charge in [0.2, 0.25) is 0 Å². The van der Waals surface area contributed by atoms with E-state index in [0.717, 1.165) is 0 Å². The molecule has 0 amide bonds. The maximum absolute atomic E-state index is 9.66. The van der Waals surface area contributed by atoms with Crippen LogP contribution < -0.4 is 0 Å². The van der Waals surface area contributed by atoms with Gasteiger partial charge in [0.1, 0.15) is 0 Å². The third kappa shape index (κ3) is 58.7. The fourth-order valence-corrected chi connectivity index (χ4v) is 16.5. The third-order valence-corrected chi connectivity index (χ3v) is 20.2. The first-order valence-electron chi connectivity index (χ1n) is 4.50. The van der Waals surface area contributed by atoms with Crippen LogP contribution in [0.25, 0.3) is 0 Å². The Hall–Kier alpha value is 3.04. The van der Waals surface area contributed by atoms with Crippen LogP contribution in [0.5, 0.6) is 0 Å². The second-order valence-electron chi connectivity index (χ2n) is 2.86. The van der Waals surface area contributed by atoms with Gasteiger partial charge < -0.3 is 27.3 Å². The molecule has 18 nitrogen and oxygen atoms in total. The van der Waals surface area contributed by atoms with Crippen molar-refractivity contribution in [2.45, 2.75) is 0 Å². The Kier molecular flexibility index (Phi) is 25.8. The minimum atomic E-state index is -4.71. The molecule has 0 saturated carbocycles. The van der Waals surface area contributed by atoms with E-state index < -0.39 is 114 Å². The summed E-state index contributed by atoms with van der Waals surface area (Å²) in [5, 5.41) is 0. The molecule has 0 heterocycles. The van der Waals surface area contributed by atoms with E-state index in [0.29, 0.717) is 0 Å². The van der Waals surface area contributed by atoms with Gasteiger partial charge in [0.05, 0.1) is 0 Å². The summed E-state index contributed by atoms with van der Waals surface area (Å²) in [5.41, 5.74) is 0. The van der Waals surface area contributed by atoms with Crippen LogP contribution in [-0.4, -0.2) is 77.8 Å². The summed E-state index contributed by atoms with van der Waals surface area (Å²) in [6.07, 6.45) is 0. The number of hydrogen-bond acceptors (Lipinski definition) is 24. The smallest absolute Gasteiger partial charge is 0.739 e. The molecule has 0 unspecified atom stereocenters. The van der Waals surface area contributed by atoms with Crippen molar-refractivity contribution in [1.82, 2.24) is 0 Å². The van der Waals surface area contributed by atoms with Crippen LogP contribution in [0, 0.1) is 0 Å². The topological polar surface area (TPSA) is 343 Å². The maximum Gasteiger partial charge on any atom is 3.00 e. The summed E-state index contributed by atoms with van der Waals surface area (Å²) in [6, 6.07) is 0. The molecule has 32 heteroatoms. The van der Waals surface area contributed by atoms with Crippen LogP contribution >= 0.6 is 59.0 Å². The summed E-state index contributed by atoms with van der Waals surface area (Å²) in [7, 11) is -31.4. The van der Waals surface area contributed by atoms with E-state index in [2.05, 4.69) is 0 Å². The molecule has 0 aromatic carbocycles. The molecule has 202 valence electrons. The molecule has 0 aromatic rings. The van der Waals surface area contributed by atoms with E-state index in [-0.39, 0.29) is 44.8 Å². The molecule has 0 N–H and O–H groups in total. The van der Waals surface area contributed by atoms with E-state index in [9.17, 15) is 77.8 Å². The molecule has 0 fully saturated rings.